The molecule has 30 heavy (non-hydrogen) atoms. The van der Waals surface area contributed by atoms with Crippen molar-refractivity contribution in [3.63, 3.8) is 0 Å². The molecule has 3 nitrogen and oxygen atoms in total. The SMILES string of the molecule is CC(c1ccc(-c2ccc(-c3cccc(N4C=CCN4)c3)cc2)cc1)N1CCCC1. The average Bonchev–Trinajstić information content (AvgIpc) is 3.54. The molecule has 1 saturated heterocycles. The summed E-state index contributed by atoms with van der Waals surface area (Å²) in [5, 5.41) is 2.07. The first-order chi connectivity index (χ1) is 14.8. The molecule has 152 valence electrons. The van der Waals surface area contributed by atoms with Crippen molar-refractivity contribution in [1.82, 2.24) is 10.3 Å². The van der Waals surface area contributed by atoms with E-state index in [9.17, 15) is 0 Å². The number of hydrazine groups is 1. The van der Waals surface area contributed by atoms with Crippen LogP contribution >= 0.6 is 0 Å². The Balaban J connectivity index is 1.32. The summed E-state index contributed by atoms with van der Waals surface area (Å²) in [7, 11) is 0. The summed E-state index contributed by atoms with van der Waals surface area (Å²) in [5.41, 5.74) is 10.9. The molecule has 1 unspecified atom stereocenters. The molecule has 3 aromatic carbocycles. The number of likely N-dealkylation sites (tertiary alicyclic amines) is 1. The molecule has 1 fully saturated rings. The molecule has 0 spiro atoms. The minimum absolute atomic E-state index is 0.510. The van der Waals surface area contributed by atoms with E-state index in [4.69, 9.17) is 0 Å². The highest BCUT2D eigenvalue weighted by atomic mass is 15.5. The number of benzene rings is 3. The second kappa shape index (κ2) is 8.47. The van der Waals surface area contributed by atoms with Gasteiger partial charge >= 0.3 is 0 Å². The summed E-state index contributed by atoms with van der Waals surface area (Å²) < 4.78 is 0. The van der Waals surface area contributed by atoms with E-state index >= 15 is 0 Å². The van der Waals surface area contributed by atoms with Crippen LogP contribution in [0.1, 0.15) is 31.4 Å². The highest BCUT2D eigenvalue weighted by Gasteiger charge is 2.19. The number of nitrogens with one attached hydrogen (secondary N) is 1. The third kappa shape index (κ3) is 3.91. The van der Waals surface area contributed by atoms with Gasteiger partial charge in [0.2, 0.25) is 0 Å². The van der Waals surface area contributed by atoms with Crippen molar-refractivity contribution < 1.29 is 0 Å². The first-order valence-corrected chi connectivity index (χ1v) is 11.0. The van der Waals surface area contributed by atoms with Crippen molar-refractivity contribution in [2.75, 3.05) is 24.6 Å². The number of hydrogen-bond donors (Lipinski definition) is 1. The molecule has 5 rings (SSSR count). The number of nitrogens with zero attached hydrogens (tertiary/aromatic N) is 2. The van der Waals surface area contributed by atoms with Crippen molar-refractivity contribution >= 4 is 5.69 Å². The lowest BCUT2D eigenvalue weighted by atomic mass is 9.98. The number of rotatable bonds is 5. The van der Waals surface area contributed by atoms with Gasteiger partial charge in [-0.05, 0) is 72.8 Å². The second-order valence-electron chi connectivity index (χ2n) is 8.29. The number of hydrogen-bond acceptors (Lipinski definition) is 3. The van der Waals surface area contributed by atoms with E-state index in [0.717, 1.165) is 12.2 Å². The van der Waals surface area contributed by atoms with Crippen LogP contribution < -0.4 is 10.4 Å². The van der Waals surface area contributed by atoms with Gasteiger partial charge in [-0.2, -0.15) is 0 Å². The molecule has 0 bridgehead atoms. The van der Waals surface area contributed by atoms with Gasteiger partial charge in [-0.3, -0.25) is 9.91 Å². The number of anilines is 1. The Morgan fingerprint density at radius 3 is 2.03 bits per heavy atom. The minimum Gasteiger partial charge on any atom is -0.297 e. The molecule has 2 aliphatic rings. The van der Waals surface area contributed by atoms with Crippen molar-refractivity contribution in [3.8, 4) is 22.3 Å². The van der Waals surface area contributed by atoms with Crippen molar-refractivity contribution in [2.24, 2.45) is 0 Å². The van der Waals surface area contributed by atoms with E-state index in [1.807, 2.05) is 0 Å². The molecule has 2 aliphatic heterocycles. The fourth-order valence-corrected chi connectivity index (χ4v) is 4.52. The summed E-state index contributed by atoms with van der Waals surface area (Å²) in [6, 6.07) is 27.2. The highest BCUT2D eigenvalue weighted by Crippen LogP contribution is 2.30. The van der Waals surface area contributed by atoms with Crippen LogP contribution in [0, 0.1) is 0 Å². The average molecular weight is 396 g/mol. The van der Waals surface area contributed by atoms with Crippen molar-refractivity contribution in [3.05, 3.63) is 90.6 Å². The second-order valence-corrected chi connectivity index (χ2v) is 8.29. The molecule has 0 aliphatic carbocycles. The normalized spacial score (nSPS) is 17.6. The Labute approximate surface area is 179 Å². The van der Waals surface area contributed by atoms with E-state index in [1.54, 1.807) is 0 Å². The maximum absolute atomic E-state index is 3.33. The van der Waals surface area contributed by atoms with Gasteiger partial charge in [0.15, 0.2) is 0 Å². The van der Waals surface area contributed by atoms with E-state index < -0.39 is 0 Å². The summed E-state index contributed by atoms with van der Waals surface area (Å²) in [6.07, 6.45) is 6.88. The molecular formula is C27H29N3. The minimum atomic E-state index is 0.510. The molecule has 0 amide bonds. The predicted octanol–water partition coefficient (Wildman–Crippen LogP) is 6.02. The molecule has 3 heteroatoms. The van der Waals surface area contributed by atoms with Gasteiger partial charge in [0, 0.05) is 18.8 Å². The third-order valence-corrected chi connectivity index (χ3v) is 6.39. The first kappa shape index (κ1) is 19.1. The summed E-state index contributed by atoms with van der Waals surface area (Å²) in [6.45, 7) is 5.68. The van der Waals surface area contributed by atoms with Crippen LogP contribution in [0.5, 0.6) is 0 Å². The molecule has 1 N–H and O–H groups in total. The molecule has 1 atom stereocenters. The van der Waals surface area contributed by atoms with E-state index in [-0.39, 0.29) is 0 Å². The molecule has 0 saturated carbocycles. The zero-order valence-electron chi connectivity index (χ0n) is 17.6. The lowest BCUT2D eigenvalue weighted by molar-refractivity contribution is 0.263. The van der Waals surface area contributed by atoms with Crippen LogP contribution in [0.4, 0.5) is 5.69 Å². The summed E-state index contributed by atoms with van der Waals surface area (Å²) in [4.78, 5) is 2.59. The van der Waals surface area contributed by atoms with E-state index in [0.29, 0.717) is 6.04 Å². The predicted molar refractivity (Wildman–Crippen MR) is 126 cm³/mol. The summed E-state index contributed by atoms with van der Waals surface area (Å²) in [5.74, 6) is 0. The fourth-order valence-electron chi connectivity index (χ4n) is 4.52. The first-order valence-electron chi connectivity index (χ1n) is 11.0. The van der Waals surface area contributed by atoms with Crippen LogP contribution in [0.2, 0.25) is 0 Å². The highest BCUT2D eigenvalue weighted by molar-refractivity contribution is 5.73. The standard InChI is InChI=1S/C27H29N3/c1-21(29-17-2-3-18-29)22-8-10-23(11-9-22)24-12-14-25(15-13-24)26-6-4-7-27(20-26)30-19-5-16-28-30/h4-15,19-21,28H,2-3,16-18H2,1H3. The van der Waals surface area contributed by atoms with Crippen molar-refractivity contribution in [2.45, 2.75) is 25.8 Å². The Morgan fingerprint density at radius 2 is 1.40 bits per heavy atom. The maximum atomic E-state index is 3.33. The molecular weight excluding hydrogens is 366 g/mol. The van der Waals surface area contributed by atoms with Crippen LogP contribution in [0.3, 0.4) is 0 Å². The Bertz CT molecular complexity index is 1010. The molecule has 0 aromatic heterocycles. The zero-order valence-corrected chi connectivity index (χ0v) is 17.6. The third-order valence-electron chi connectivity index (χ3n) is 6.39. The fraction of sp³-hybridized carbons (Fsp3) is 0.259. The van der Waals surface area contributed by atoms with Gasteiger partial charge in [-0.15, -0.1) is 0 Å². The topological polar surface area (TPSA) is 18.5 Å². The molecule has 3 aromatic rings. The lowest BCUT2D eigenvalue weighted by Crippen LogP contribution is -2.27. The quantitative estimate of drug-likeness (QED) is 0.570. The summed E-state index contributed by atoms with van der Waals surface area (Å²) >= 11 is 0. The van der Waals surface area contributed by atoms with Crippen molar-refractivity contribution in [1.29, 1.82) is 0 Å². The zero-order chi connectivity index (χ0) is 20.3. The maximum Gasteiger partial charge on any atom is 0.0576 e. The Kier molecular flexibility index (Phi) is 5.39. The van der Waals surface area contributed by atoms with Crippen LogP contribution in [-0.4, -0.2) is 24.5 Å². The Morgan fingerprint density at radius 1 is 0.767 bits per heavy atom. The van der Waals surface area contributed by atoms with Gasteiger partial charge in [0.25, 0.3) is 0 Å². The van der Waals surface area contributed by atoms with Crippen LogP contribution in [0.25, 0.3) is 22.3 Å². The smallest absolute Gasteiger partial charge is 0.0576 e. The van der Waals surface area contributed by atoms with Gasteiger partial charge in [-0.25, -0.2) is 5.43 Å². The van der Waals surface area contributed by atoms with E-state index in [1.165, 1.54) is 53.7 Å². The lowest BCUT2D eigenvalue weighted by Gasteiger charge is -2.24. The van der Waals surface area contributed by atoms with Gasteiger partial charge in [0.05, 0.1) is 5.69 Å². The molecule has 2 heterocycles. The van der Waals surface area contributed by atoms with Gasteiger partial charge in [0.1, 0.15) is 0 Å². The molecule has 0 radical (unpaired) electrons. The Hall–Kier alpha value is -2.88. The van der Waals surface area contributed by atoms with E-state index in [2.05, 4.69) is 107 Å². The monoisotopic (exact) mass is 395 g/mol. The van der Waals surface area contributed by atoms with Crippen LogP contribution in [0.15, 0.2) is 85.1 Å². The van der Waals surface area contributed by atoms with Gasteiger partial charge < -0.3 is 0 Å². The van der Waals surface area contributed by atoms with Crippen LogP contribution in [-0.2, 0) is 0 Å². The van der Waals surface area contributed by atoms with Gasteiger partial charge in [-0.1, -0.05) is 66.7 Å². The largest absolute Gasteiger partial charge is 0.297 e.